The van der Waals surface area contributed by atoms with E-state index in [1.54, 1.807) is 6.07 Å². The summed E-state index contributed by atoms with van der Waals surface area (Å²) in [5.74, 6) is -1.41. The summed E-state index contributed by atoms with van der Waals surface area (Å²) in [5.41, 5.74) is 3.18. The van der Waals surface area contributed by atoms with Gasteiger partial charge in [-0.25, -0.2) is 0 Å². The molecule has 0 aliphatic heterocycles. The highest BCUT2D eigenvalue weighted by atomic mass is 32.1. The van der Waals surface area contributed by atoms with Gasteiger partial charge >= 0.3 is 5.97 Å². The molecule has 0 spiro atoms. The van der Waals surface area contributed by atoms with Crippen LogP contribution >= 0.6 is 11.3 Å². The van der Waals surface area contributed by atoms with E-state index in [1.165, 1.54) is 16.9 Å². The number of amides is 1. The average molecular weight is 275 g/mol. The third kappa shape index (κ3) is 3.42. The monoisotopic (exact) mass is 275 g/mol. The van der Waals surface area contributed by atoms with E-state index < -0.39 is 5.97 Å². The van der Waals surface area contributed by atoms with Gasteiger partial charge in [0.25, 0.3) is 5.91 Å². The van der Waals surface area contributed by atoms with Crippen LogP contribution in [0.15, 0.2) is 35.7 Å². The van der Waals surface area contributed by atoms with Crippen LogP contribution in [0.5, 0.6) is 0 Å². The van der Waals surface area contributed by atoms with E-state index in [0.29, 0.717) is 4.88 Å². The fraction of sp³-hybridized carbons (Fsp3) is 0.143. The molecule has 1 amide bonds. The first-order valence-corrected chi connectivity index (χ1v) is 6.60. The highest BCUT2D eigenvalue weighted by Crippen LogP contribution is 2.25. The summed E-state index contributed by atoms with van der Waals surface area (Å²) in [4.78, 5) is 22.6. The molecule has 0 unspecified atom stereocenters. The van der Waals surface area contributed by atoms with Crippen LogP contribution in [0.1, 0.15) is 15.2 Å². The van der Waals surface area contributed by atoms with Crippen LogP contribution in [0.2, 0.25) is 0 Å². The van der Waals surface area contributed by atoms with Gasteiger partial charge < -0.3 is 10.4 Å². The number of carboxylic acids is 1. The molecule has 2 N–H and O–H groups in total. The zero-order valence-corrected chi connectivity index (χ0v) is 11.2. The van der Waals surface area contributed by atoms with Crippen LogP contribution in [-0.4, -0.2) is 23.5 Å². The normalized spacial score (nSPS) is 10.2. The van der Waals surface area contributed by atoms with E-state index in [0.717, 1.165) is 11.1 Å². The van der Waals surface area contributed by atoms with Gasteiger partial charge in [-0.2, -0.15) is 0 Å². The molecule has 5 heteroatoms. The minimum absolute atomic E-state index is 0.356. The molecule has 0 atom stereocenters. The lowest BCUT2D eigenvalue weighted by molar-refractivity contribution is -0.135. The zero-order chi connectivity index (χ0) is 13.8. The molecule has 0 saturated carbocycles. The van der Waals surface area contributed by atoms with Crippen LogP contribution in [0.3, 0.4) is 0 Å². The highest BCUT2D eigenvalue weighted by Gasteiger charge is 2.10. The molecule has 0 fully saturated rings. The lowest BCUT2D eigenvalue weighted by Gasteiger charge is -1.99. The number of thiophene rings is 1. The van der Waals surface area contributed by atoms with Crippen LogP contribution < -0.4 is 5.32 Å². The Morgan fingerprint density at radius 1 is 1.21 bits per heavy atom. The molecule has 1 heterocycles. The second kappa shape index (κ2) is 5.67. The van der Waals surface area contributed by atoms with Gasteiger partial charge in [-0.05, 0) is 29.5 Å². The van der Waals surface area contributed by atoms with Gasteiger partial charge in [0.1, 0.15) is 6.54 Å². The molecule has 98 valence electrons. The van der Waals surface area contributed by atoms with Crippen molar-refractivity contribution in [2.24, 2.45) is 0 Å². The number of benzene rings is 1. The standard InChI is InChI=1S/C14H13NO3S/c1-9-2-4-10(5-3-9)11-6-12(19-8-11)14(18)15-7-13(16)17/h2-6,8H,7H2,1H3,(H,15,18)(H,16,17). The Labute approximate surface area is 114 Å². The first-order chi connectivity index (χ1) is 9.06. The first kappa shape index (κ1) is 13.3. The first-order valence-electron chi connectivity index (χ1n) is 5.72. The largest absolute Gasteiger partial charge is 0.480 e. The maximum Gasteiger partial charge on any atom is 0.322 e. The number of carbonyl (C=O) groups is 2. The van der Waals surface area contributed by atoms with Gasteiger partial charge in [0.15, 0.2) is 0 Å². The molecule has 2 aromatic rings. The number of aryl methyl sites for hydroxylation is 1. The van der Waals surface area contributed by atoms with Crippen LogP contribution in [-0.2, 0) is 4.79 Å². The van der Waals surface area contributed by atoms with Crippen molar-refractivity contribution in [3.63, 3.8) is 0 Å². The van der Waals surface area contributed by atoms with E-state index in [-0.39, 0.29) is 12.5 Å². The summed E-state index contributed by atoms with van der Waals surface area (Å²) < 4.78 is 0. The molecule has 0 saturated heterocycles. The van der Waals surface area contributed by atoms with Crippen molar-refractivity contribution < 1.29 is 14.7 Å². The van der Waals surface area contributed by atoms with Gasteiger partial charge in [-0.15, -0.1) is 11.3 Å². The number of carbonyl (C=O) groups excluding carboxylic acids is 1. The van der Waals surface area contributed by atoms with Gasteiger partial charge in [0, 0.05) is 0 Å². The number of aliphatic carboxylic acids is 1. The number of hydrogen-bond acceptors (Lipinski definition) is 3. The maximum atomic E-state index is 11.7. The number of rotatable bonds is 4. The Bertz CT molecular complexity index is 601. The SMILES string of the molecule is Cc1ccc(-c2csc(C(=O)NCC(=O)O)c2)cc1. The Morgan fingerprint density at radius 2 is 1.89 bits per heavy atom. The molecule has 19 heavy (non-hydrogen) atoms. The van der Waals surface area contributed by atoms with E-state index in [4.69, 9.17) is 5.11 Å². The fourth-order valence-electron chi connectivity index (χ4n) is 1.60. The average Bonchev–Trinajstić information content (AvgIpc) is 2.86. The summed E-state index contributed by atoms with van der Waals surface area (Å²) >= 11 is 1.30. The second-order valence-corrected chi connectivity index (χ2v) is 5.05. The Morgan fingerprint density at radius 3 is 2.53 bits per heavy atom. The molecule has 0 aliphatic rings. The van der Waals surface area contributed by atoms with Crippen LogP contribution in [0, 0.1) is 6.92 Å². The number of hydrogen-bond donors (Lipinski definition) is 2. The second-order valence-electron chi connectivity index (χ2n) is 4.14. The lowest BCUT2D eigenvalue weighted by atomic mass is 10.1. The van der Waals surface area contributed by atoms with Gasteiger partial charge in [-0.1, -0.05) is 29.8 Å². The van der Waals surface area contributed by atoms with Crippen molar-refractivity contribution >= 4 is 23.2 Å². The number of nitrogens with one attached hydrogen (secondary N) is 1. The van der Waals surface area contributed by atoms with E-state index >= 15 is 0 Å². The fourth-order valence-corrected chi connectivity index (χ4v) is 2.43. The van der Waals surface area contributed by atoms with Crippen molar-refractivity contribution in [3.8, 4) is 11.1 Å². The zero-order valence-electron chi connectivity index (χ0n) is 10.3. The summed E-state index contributed by atoms with van der Waals surface area (Å²) in [6.07, 6.45) is 0. The molecule has 4 nitrogen and oxygen atoms in total. The van der Waals surface area contributed by atoms with Gasteiger partial charge in [-0.3, -0.25) is 9.59 Å². The van der Waals surface area contributed by atoms with Gasteiger partial charge in [0.2, 0.25) is 0 Å². The van der Waals surface area contributed by atoms with Crippen molar-refractivity contribution in [1.29, 1.82) is 0 Å². The summed E-state index contributed by atoms with van der Waals surface area (Å²) in [6, 6.07) is 9.79. The van der Waals surface area contributed by atoms with Crippen molar-refractivity contribution in [3.05, 3.63) is 46.2 Å². The molecule has 1 aromatic heterocycles. The third-order valence-corrected chi connectivity index (χ3v) is 3.54. The van der Waals surface area contributed by atoms with E-state index in [1.807, 2.05) is 36.6 Å². The van der Waals surface area contributed by atoms with Crippen molar-refractivity contribution in [1.82, 2.24) is 5.32 Å². The Kier molecular flexibility index (Phi) is 3.97. The molecule has 2 rings (SSSR count). The summed E-state index contributed by atoms with van der Waals surface area (Å²) in [6.45, 7) is 1.65. The molecule has 0 bridgehead atoms. The maximum absolute atomic E-state index is 11.7. The minimum Gasteiger partial charge on any atom is -0.480 e. The van der Waals surface area contributed by atoms with E-state index in [2.05, 4.69) is 5.32 Å². The molecule has 0 aliphatic carbocycles. The minimum atomic E-state index is -1.05. The quantitative estimate of drug-likeness (QED) is 0.901. The smallest absolute Gasteiger partial charge is 0.322 e. The van der Waals surface area contributed by atoms with Crippen molar-refractivity contribution in [2.75, 3.05) is 6.54 Å². The topological polar surface area (TPSA) is 66.4 Å². The summed E-state index contributed by atoms with van der Waals surface area (Å²) in [7, 11) is 0. The number of carboxylic acid groups (broad SMARTS) is 1. The van der Waals surface area contributed by atoms with Crippen LogP contribution in [0.25, 0.3) is 11.1 Å². The third-order valence-electron chi connectivity index (χ3n) is 2.61. The summed E-state index contributed by atoms with van der Waals surface area (Å²) in [5, 5.41) is 12.7. The predicted octanol–water partition coefficient (Wildman–Crippen LogP) is 2.54. The van der Waals surface area contributed by atoms with Crippen molar-refractivity contribution in [2.45, 2.75) is 6.92 Å². The molecule has 0 radical (unpaired) electrons. The predicted molar refractivity (Wildman–Crippen MR) is 74.5 cm³/mol. The Balaban J connectivity index is 2.12. The lowest BCUT2D eigenvalue weighted by Crippen LogP contribution is -2.28. The van der Waals surface area contributed by atoms with Gasteiger partial charge in [0.05, 0.1) is 4.88 Å². The molecular weight excluding hydrogens is 262 g/mol. The molecule has 1 aromatic carbocycles. The Hall–Kier alpha value is -2.14. The van der Waals surface area contributed by atoms with Crippen LogP contribution in [0.4, 0.5) is 0 Å². The molecular formula is C14H13NO3S. The van der Waals surface area contributed by atoms with E-state index in [9.17, 15) is 9.59 Å². The highest BCUT2D eigenvalue weighted by molar-refractivity contribution is 7.12.